The molecule has 0 saturated carbocycles. The molecule has 0 radical (unpaired) electrons. The molecule has 28 heavy (non-hydrogen) atoms. The summed E-state index contributed by atoms with van der Waals surface area (Å²) in [6.07, 6.45) is 1.94. The van der Waals surface area contributed by atoms with Gasteiger partial charge in [-0.25, -0.2) is 9.78 Å². The third-order valence-corrected chi connectivity index (χ3v) is 6.00. The zero-order chi connectivity index (χ0) is 20.1. The summed E-state index contributed by atoms with van der Waals surface area (Å²) in [5, 5.41) is 11.4. The molecule has 0 fully saturated rings. The van der Waals surface area contributed by atoms with E-state index in [4.69, 9.17) is 23.2 Å². The van der Waals surface area contributed by atoms with Gasteiger partial charge in [-0.2, -0.15) is 0 Å². The number of thioether (sulfide) groups is 1. The van der Waals surface area contributed by atoms with E-state index in [2.05, 4.69) is 17.1 Å². The van der Waals surface area contributed by atoms with Crippen LogP contribution in [-0.4, -0.2) is 26.4 Å². The van der Waals surface area contributed by atoms with Crippen molar-refractivity contribution in [3.63, 3.8) is 0 Å². The van der Waals surface area contributed by atoms with Gasteiger partial charge in [0.2, 0.25) is 0 Å². The summed E-state index contributed by atoms with van der Waals surface area (Å²) in [6.45, 7) is 2.02. The standard InChI is InChI=1S/C21H20Cl2N2O2S/c1-14-19(20(26)27)25(13-16-12-17(22)9-10-18(16)23)21(24-14)28-11-5-8-15-6-3-2-4-7-15/h2-4,6-7,9-10,12H,5,8,11,13H2,1H3,(H,26,27). The van der Waals surface area contributed by atoms with Crippen molar-refractivity contribution >= 4 is 40.9 Å². The zero-order valence-electron chi connectivity index (χ0n) is 15.4. The number of hydrogen-bond acceptors (Lipinski definition) is 3. The second-order valence-corrected chi connectivity index (χ2v) is 8.30. The number of aryl methyl sites for hydroxylation is 2. The normalized spacial score (nSPS) is 11.0. The molecule has 0 amide bonds. The minimum Gasteiger partial charge on any atom is -0.477 e. The highest BCUT2D eigenvalue weighted by atomic mass is 35.5. The lowest BCUT2D eigenvalue weighted by atomic mass is 10.1. The van der Waals surface area contributed by atoms with Gasteiger partial charge in [0.25, 0.3) is 0 Å². The summed E-state index contributed by atoms with van der Waals surface area (Å²) in [6, 6.07) is 15.5. The Labute approximate surface area is 178 Å². The summed E-state index contributed by atoms with van der Waals surface area (Å²) in [7, 11) is 0. The fraction of sp³-hybridized carbons (Fsp3) is 0.238. The molecule has 0 saturated heterocycles. The monoisotopic (exact) mass is 434 g/mol. The number of aromatic nitrogens is 2. The van der Waals surface area contributed by atoms with Gasteiger partial charge < -0.3 is 9.67 Å². The molecule has 0 unspecified atom stereocenters. The van der Waals surface area contributed by atoms with E-state index < -0.39 is 5.97 Å². The Balaban J connectivity index is 1.78. The number of carbonyl (C=O) groups is 1. The number of carboxylic acids is 1. The van der Waals surface area contributed by atoms with Crippen molar-refractivity contribution in [3.8, 4) is 0 Å². The molecule has 1 heterocycles. The molecule has 0 aliphatic heterocycles. The van der Waals surface area contributed by atoms with Crippen LogP contribution in [-0.2, 0) is 13.0 Å². The second-order valence-electron chi connectivity index (χ2n) is 6.39. The minimum atomic E-state index is -1.00. The molecule has 0 aliphatic rings. The van der Waals surface area contributed by atoms with Crippen molar-refractivity contribution < 1.29 is 9.90 Å². The van der Waals surface area contributed by atoms with Crippen LogP contribution in [0.3, 0.4) is 0 Å². The first-order chi connectivity index (χ1) is 13.5. The lowest BCUT2D eigenvalue weighted by molar-refractivity contribution is 0.0684. The van der Waals surface area contributed by atoms with Crippen LogP contribution < -0.4 is 0 Å². The number of hydrogen-bond donors (Lipinski definition) is 1. The summed E-state index contributed by atoms with van der Waals surface area (Å²) >= 11 is 13.9. The molecule has 1 aromatic heterocycles. The molecule has 7 heteroatoms. The average Bonchev–Trinajstić information content (AvgIpc) is 2.98. The third kappa shape index (κ3) is 5.10. The van der Waals surface area contributed by atoms with E-state index in [9.17, 15) is 9.90 Å². The number of nitrogens with zero attached hydrogens (tertiary/aromatic N) is 2. The summed E-state index contributed by atoms with van der Waals surface area (Å²) < 4.78 is 1.71. The highest BCUT2D eigenvalue weighted by Gasteiger charge is 2.21. The fourth-order valence-corrected chi connectivity index (χ4v) is 4.35. The fourth-order valence-electron chi connectivity index (χ4n) is 2.99. The first-order valence-corrected chi connectivity index (χ1v) is 10.6. The van der Waals surface area contributed by atoms with Gasteiger partial charge in [0, 0.05) is 15.8 Å². The van der Waals surface area contributed by atoms with Crippen molar-refractivity contribution in [3.05, 3.63) is 81.1 Å². The molecule has 2 aromatic carbocycles. The molecule has 146 valence electrons. The van der Waals surface area contributed by atoms with E-state index in [1.54, 1.807) is 41.5 Å². The van der Waals surface area contributed by atoms with Crippen LogP contribution in [0.4, 0.5) is 0 Å². The Kier molecular flexibility index (Phi) is 7.05. The molecule has 4 nitrogen and oxygen atoms in total. The predicted molar refractivity (Wildman–Crippen MR) is 115 cm³/mol. The molecule has 3 rings (SSSR count). The van der Waals surface area contributed by atoms with Crippen LogP contribution in [0.15, 0.2) is 53.7 Å². The van der Waals surface area contributed by atoms with Gasteiger partial charge in [-0.15, -0.1) is 0 Å². The van der Waals surface area contributed by atoms with Gasteiger partial charge in [0.05, 0.1) is 12.2 Å². The third-order valence-electron chi connectivity index (χ3n) is 4.33. The van der Waals surface area contributed by atoms with Gasteiger partial charge in [-0.05, 0) is 49.1 Å². The molecule has 0 aliphatic carbocycles. The molecular formula is C21H20Cl2N2O2S. The number of aromatic carboxylic acids is 1. The van der Waals surface area contributed by atoms with Crippen LogP contribution in [0, 0.1) is 6.92 Å². The maximum Gasteiger partial charge on any atom is 0.354 e. The Morgan fingerprint density at radius 1 is 1.18 bits per heavy atom. The van der Waals surface area contributed by atoms with E-state index in [0.717, 1.165) is 24.2 Å². The van der Waals surface area contributed by atoms with Crippen molar-refractivity contribution in [1.29, 1.82) is 0 Å². The molecule has 3 aromatic rings. The van der Waals surface area contributed by atoms with E-state index in [0.29, 0.717) is 27.4 Å². The first kappa shape index (κ1) is 20.8. The maximum absolute atomic E-state index is 11.8. The number of benzene rings is 2. The number of halogens is 2. The van der Waals surface area contributed by atoms with Crippen LogP contribution in [0.1, 0.15) is 33.7 Å². The average molecular weight is 435 g/mol. The van der Waals surface area contributed by atoms with E-state index in [1.165, 1.54) is 5.56 Å². The van der Waals surface area contributed by atoms with Crippen molar-refractivity contribution in [2.24, 2.45) is 0 Å². The van der Waals surface area contributed by atoms with E-state index in [1.807, 2.05) is 18.2 Å². The van der Waals surface area contributed by atoms with Gasteiger partial charge in [0.15, 0.2) is 10.9 Å². The second kappa shape index (κ2) is 9.50. The zero-order valence-corrected chi connectivity index (χ0v) is 17.7. The number of rotatable bonds is 8. The minimum absolute atomic E-state index is 0.182. The van der Waals surface area contributed by atoms with Crippen molar-refractivity contribution in [2.45, 2.75) is 31.5 Å². The van der Waals surface area contributed by atoms with Gasteiger partial charge in [0.1, 0.15) is 0 Å². The van der Waals surface area contributed by atoms with Crippen molar-refractivity contribution in [2.75, 3.05) is 5.75 Å². The lowest BCUT2D eigenvalue weighted by Gasteiger charge is -2.12. The highest BCUT2D eigenvalue weighted by molar-refractivity contribution is 7.99. The van der Waals surface area contributed by atoms with Crippen molar-refractivity contribution in [1.82, 2.24) is 9.55 Å². The van der Waals surface area contributed by atoms with Crippen LogP contribution in [0.5, 0.6) is 0 Å². The Bertz CT molecular complexity index is 974. The van der Waals surface area contributed by atoms with Crippen LogP contribution >= 0.6 is 35.0 Å². The van der Waals surface area contributed by atoms with E-state index >= 15 is 0 Å². The molecule has 0 atom stereocenters. The SMILES string of the molecule is Cc1nc(SCCCc2ccccc2)n(Cc2cc(Cl)ccc2Cl)c1C(=O)O. The van der Waals surface area contributed by atoms with E-state index in [-0.39, 0.29) is 5.69 Å². The summed E-state index contributed by atoms with van der Waals surface area (Å²) in [4.78, 5) is 16.3. The maximum atomic E-state index is 11.8. The van der Waals surface area contributed by atoms with Gasteiger partial charge in [-0.3, -0.25) is 0 Å². The van der Waals surface area contributed by atoms with Crippen LogP contribution in [0.25, 0.3) is 0 Å². The first-order valence-electron chi connectivity index (χ1n) is 8.86. The highest BCUT2D eigenvalue weighted by Crippen LogP contribution is 2.27. The number of imidazole rings is 1. The van der Waals surface area contributed by atoms with Gasteiger partial charge >= 0.3 is 5.97 Å². The smallest absolute Gasteiger partial charge is 0.354 e. The topological polar surface area (TPSA) is 55.1 Å². The van der Waals surface area contributed by atoms with Gasteiger partial charge in [-0.1, -0.05) is 65.3 Å². The molecule has 0 bridgehead atoms. The Hall–Kier alpha value is -1.95. The summed E-state index contributed by atoms with van der Waals surface area (Å²) in [5.74, 6) is -0.160. The predicted octanol–water partition coefficient (Wildman–Crippen LogP) is 5.97. The molecule has 1 N–H and O–H groups in total. The Morgan fingerprint density at radius 2 is 1.93 bits per heavy atom. The summed E-state index contributed by atoms with van der Waals surface area (Å²) in [5.41, 5.74) is 2.73. The largest absolute Gasteiger partial charge is 0.477 e. The van der Waals surface area contributed by atoms with Crippen LogP contribution in [0.2, 0.25) is 10.0 Å². The molecule has 0 spiro atoms. The number of carboxylic acid groups (broad SMARTS) is 1. The lowest BCUT2D eigenvalue weighted by Crippen LogP contribution is -2.12. The Morgan fingerprint density at radius 3 is 2.64 bits per heavy atom. The molecular weight excluding hydrogens is 415 g/mol. The quantitative estimate of drug-likeness (QED) is 0.350.